The van der Waals surface area contributed by atoms with E-state index < -0.39 is 0 Å². The van der Waals surface area contributed by atoms with Gasteiger partial charge in [0.25, 0.3) is 0 Å². The van der Waals surface area contributed by atoms with Gasteiger partial charge in [-0.05, 0) is 30.5 Å². The van der Waals surface area contributed by atoms with Crippen molar-refractivity contribution in [3.8, 4) is 0 Å². The van der Waals surface area contributed by atoms with Crippen LogP contribution in [0.3, 0.4) is 0 Å². The molecule has 0 aliphatic carbocycles. The first-order valence-corrected chi connectivity index (χ1v) is 7.70. The number of benzene rings is 1. The minimum absolute atomic E-state index is 0.378. The second-order valence-electron chi connectivity index (χ2n) is 4.86. The number of unbranched alkanes of at least 4 members (excludes halogenated alkanes) is 1. The Labute approximate surface area is 126 Å². The van der Waals surface area contributed by atoms with Gasteiger partial charge in [-0.2, -0.15) is 0 Å². The van der Waals surface area contributed by atoms with E-state index in [4.69, 9.17) is 29.6 Å². The Morgan fingerprint density at radius 2 is 2.16 bits per heavy atom. The number of nitrogens with two attached hydrogens (primary N) is 1. The van der Waals surface area contributed by atoms with Gasteiger partial charge >= 0.3 is 0 Å². The smallest absolute Gasteiger partial charge is 0.104 e. The van der Waals surface area contributed by atoms with E-state index in [-0.39, 0.29) is 0 Å². The molecule has 106 valence electrons. The summed E-state index contributed by atoms with van der Waals surface area (Å²) in [7, 11) is 0. The second kappa shape index (κ2) is 8.39. The van der Waals surface area contributed by atoms with Crippen LogP contribution in [0.25, 0.3) is 0 Å². The number of rotatable bonds is 8. The third kappa shape index (κ3) is 5.37. The highest BCUT2D eigenvalue weighted by atomic mass is 35.5. The van der Waals surface area contributed by atoms with Gasteiger partial charge in [0, 0.05) is 12.1 Å². The van der Waals surface area contributed by atoms with Gasteiger partial charge in [-0.25, -0.2) is 0 Å². The van der Waals surface area contributed by atoms with Crippen molar-refractivity contribution < 1.29 is 0 Å². The van der Waals surface area contributed by atoms with Crippen molar-refractivity contribution in [1.29, 1.82) is 0 Å². The Morgan fingerprint density at radius 1 is 1.42 bits per heavy atom. The molecular formula is C15H23ClN2S. The Morgan fingerprint density at radius 3 is 2.68 bits per heavy atom. The van der Waals surface area contributed by atoms with Crippen LogP contribution in [0.15, 0.2) is 18.2 Å². The summed E-state index contributed by atoms with van der Waals surface area (Å²) in [5.74, 6) is 0.700. The van der Waals surface area contributed by atoms with Crippen molar-refractivity contribution in [2.24, 2.45) is 11.7 Å². The third-order valence-electron chi connectivity index (χ3n) is 3.38. The molecule has 0 fully saturated rings. The van der Waals surface area contributed by atoms with Gasteiger partial charge in [0.05, 0.1) is 10.7 Å². The Hall–Kier alpha value is -0.800. The normalized spacial score (nSPS) is 12.2. The molecule has 4 heteroatoms. The molecule has 1 rings (SSSR count). The van der Waals surface area contributed by atoms with Gasteiger partial charge in [0.2, 0.25) is 0 Å². The summed E-state index contributed by atoms with van der Waals surface area (Å²) in [6.07, 6.45) is 4.99. The minimum Gasteiger partial charge on any atom is -0.389 e. The zero-order chi connectivity index (χ0) is 14.3. The molecule has 1 aromatic rings. The number of hydrogen-bond acceptors (Lipinski definition) is 2. The lowest BCUT2D eigenvalue weighted by atomic mass is 9.99. The molecule has 1 aromatic carbocycles. The molecule has 1 unspecified atom stereocenters. The van der Waals surface area contributed by atoms with Crippen molar-refractivity contribution in [3.63, 3.8) is 0 Å². The maximum atomic E-state index is 6.23. The first kappa shape index (κ1) is 16.3. The average Bonchev–Trinajstić information content (AvgIpc) is 2.40. The standard InChI is InChI=1S/C15H23ClN2S/c1-3-5-6-11(4-2)10-18-14-8-7-12(15(17)19)9-13(14)16/h7-9,11,18H,3-6,10H2,1-2H3,(H2,17,19). The maximum Gasteiger partial charge on any atom is 0.104 e. The topological polar surface area (TPSA) is 38.0 Å². The van der Waals surface area contributed by atoms with Crippen molar-refractivity contribution in [3.05, 3.63) is 28.8 Å². The molecule has 0 spiro atoms. The summed E-state index contributed by atoms with van der Waals surface area (Å²) in [4.78, 5) is 0.378. The molecule has 0 aliphatic heterocycles. The zero-order valence-electron chi connectivity index (χ0n) is 11.7. The van der Waals surface area contributed by atoms with Crippen LogP contribution in [-0.2, 0) is 0 Å². The van der Waals surface area contributed by atoms with E-state index in [2.05, 4.69) is 19.2 Å². The summed E-state index contributed by atoms with van der Waals surface area (Å²) >= 11 is 11.2. The van der Waals surface area contributed by atoms with E-state index in [0.717, 1.165) is 17.8 Å². The highest BCUT2D eigenvalue weighted by Gasteiger charge is 2.08. The molecule has 0 saturated heterocycles. The van der Waals surface area contributed by atoms with E-state index in [1.807, 2.05) is 18.2 Å². The summed E-state index contributed by atoms with van der Waals surface area (Å²) in [6, 6.07) is 5.67. The molecule has 3 N–H and O–H groups in total. The number of hydrogen-bond donors (Lipinski definition) is 2. The van der Waals surface area contributed by atoms with E-state index in [0.29, 0.717) is 15.9 Å². The van der Waals surface area contributed by atoms with E-state index in [9.17, 15) is 0 Å². The first-order valence-electron chi connectivity index (χ1n) is 6.91. The Bertz CT molecular complexity index is 421. The number of halogens is 1. The van der Waals surface area contributed by atoms with Crippen LogP contribution in [0.2, 0.25) is 5.02 Å². The molecule has 0 aliphatic rings. The van der Waals surface area contributed by atoms with Gasteiger partial charge < -0.3 is 11.1 Å². The summed E-state index contributed by atoms with van der Waals surface area (Å²) in [5, 5.41) is 4.10. The summed E-state index contributed by atoms with van der Waals surface area (Å²) in [6.45, 7) is 5.42. The molecule has 1 atom stereocenters. The fourth-order valence-electron chi connectivity index (χ4n) is 2.01. The molecule has 0 aromatic heterocycles. The lowest BCUT2D eigenvalue weighted by Gasteiger charge is -2.17. The largest absolute Gasteiger partial charge is 0.389 e. The highest BCUT2D eigenvalue weighted by Crippen LogP contribution is 2.24. The minimum atomic E-state index is 0.378. The average molecular weight is 299 g/mol. The Balaban J connectivity index is 2.59. The van der Waals surface area contributed by atoms with Crippen LogP contribution >= 0.6 is 23.8 Å². The quantitative estimate of drug-likeness (QED) is 0.689. The fourth-order valence-corrected chi connectivity index (χ4v) is 2.38. The van der Waals surface area contributed by atoms with Gasteiger partial charge in [-0.3, -0.25) is 0 Å². The SMILES string of the molecule is CCCCC(CC)CNc1ccc(C(N)=S)cc1Cl. The van der Waals surface area contributed by atoms with E-state index >= 15 is 0 Å². The summed E-state index contributed by atoms with van der Waals surface area (Å²) in [5.41, 5.74) is 7.35. The number of anilines is 1. The van der Waals surface area contributed by atoms with Gasteiger partial charge in [0.1, 0.15) is 4.99 Å². The molecule has 0 heterocycles. The van der Waals surface area contributed by atoms with Crippen LogP contribution in [0, 0.1) is 5.92 Å². The molecule has 2 nitrogen and oxygen atoms in total. The van der Waals surface area contributed by atoms with Crippen LogP contribution in [0.1, 0.15) is 45.1 Å². The van der Waals surface area contributed by atoms with Crippen molar-refractivity contribution >= 4 is 34.5 Å². The molecule has 0 bridgehead atoms. The van der Waals surface area contributed by atoms with Gasteiger partial charge in [-0.15, -0.1) is 0 Å². The zero-order valence-corrected chi connectivity index (χ0v) is 13.3. The van der Waals surface area contributed by atoms with Crippen molar-refractivity contribution in [2.75, 3.05) is 11.9 Å². The predicted octanol–water partition coefficient (Wildman–Crippen LogP) is 4.60. The number of nitrogens with one attached hydrogen (secondary N) is 1. The van der Waals surface area contributed by atoms with Crippen LogP contribution in [0.5, 0.6) is 0 Å². The van der Waals surface area contributed by atoms with E-state index in [1.165, 1.54) is 25.7 Å². The van der Waals surface area contributed by atoms with Crippen molar-refractivity contribution in [1.82, 2.24) is 0 Å². The van der Waals surface area contributed by atoms with Gasteiger partial charge in [0.15, 0.2) is 0 Å². The third-order valence-corrected chi connectivity index (χ3v) is 3.93. The first-order chi connectivity index (χ1) is 9.08. The number of thiocarbonyl (C=S) groups is 1. The molecule has 0 amide bonds. The van der Waals surface area contributed by atoms with Crippen molar-refractivity contribution in [2.45, 2.75) is 39.5 Å². The van der Waals surface area contributed by atoms with Crippen LogP contribution in [-0.4, -0.2) is 11.5 Å². The lowest BCUT2D eigenvalue weighted by Crippen LogP contribution is -2.14. The highest BCUT2D eigenvalue weighted by molar-refractivity contribution is 7.80. The van der Waals surface area contributed by atoms with Gasteiger partial charge in [-0.1, -0.05) is 56.9 Å². The maximum absolute atomic E-state index is 6.23. The molecular weight excluding hydrogens is 276 g/mol. The fraction of sp³-hybridized carbons (Fsp3) is 0.533. The lowest BCUT2D eigenvalue weighted by molar-refractivity contribution is 0.473. The van der Waals surface area contributed by atoms with Crippen LogP contribution < -0.4 is 11.1 Å². The molecule has 0 saturated carbocycles. The molecule has 19 heavy (non-hydrogen) atoms. The monoisotopic (exact) mass is 298 g/mol. The Kier molecular flexibility index (Phi) is 7.17. The second-order valence-corrected chi connectivity index (χ2v) is 5.70. The predicted molar refractivity (Wildman–Crippen MR) is 89.1 cm³/mol. The van der Waals surface area contributed by atoms with E-state index in [1.54, 1.807) is 0 Å². The molecule has 0 radical (unpaired) electrons. The summed E-state index contributed by atoms with van der Waals surface area (Å²) < 4.78 is 0. The van der Waals surface area contributed by atoms with Crippen LogP contribution in [0.4, 0.5) is 5.69 Å².